The van der Waals surface area contributed by atoms with Crippen molar-refractivity contribution in [2.75, 3.05) is 0 Å². The maximum atomic E-state index is 13.5. The summed E-state index contributed by atoms with van der Waals surface area (Å²) in [5.74, 6) is -1.38. The van der Waals surface area contributed by atoms with E-state index in [-0.39, 0.29) is 0 Å². The van der Waals surface area contributed by atoms with Gasteiger partial charge in [0.05, 0.1) is 12.4 Å². The van der Waals surface area contributed by atoms with Gasteiger partial charge in [-0.3, -0.25) is 0 Å². The summed E-state index contributed by atoms with van der Waals surface area (Å²) in [6, 6.07) is 11.4. The van der Waals surface area contributed by atoms with Gasteiger partial charge in [0.25, 0.3) is 0 Å². The zero-order chi connectivity index (χ0) is 16.7. The van der Waals surface area contributed by atoms with Gasteiger partial charge >= 0.3 is 6.61 Å². The number of nitrogens with zero attached hydrogens (tertiary/aromatic N) is 2. The minimum atomic E-state index is -3.06. The second-order valence-electron chi connectivity index (χ2n) is 4.65. The van der Waals surface area contributed by atoms with Crippen LogP contribution >= 0.6 is 0 Å². The molecular weight excluding hydrogens is 305 g/mol. The lowest BCUT2D eigenvalue weighted by molar-refractivity contribution is -0.0521. The van der Waals surface area contributed by atoms with E-state index in [9.17, 15) is 13.2 Å². The third-order valence-corrected chi connectivity index (χ3v) is 3.04. The van der Waals surface area contributed by atoms with Crippen molar-refractivity contribution in [2.24, 2.45) is 10.2 Å². The average Bonchev–Trinajstić information content (AvgIpc) is 2.54. The van der Waals surface area contributed by atoms with Gasteiger partial charge in [0, 0.05) is 0 Å². The van der Waals surface area contributed by atoms with Crippen molar-refractivity contribution >= 4 is 12.4 Å². The summed E-state index contributed by atoms with van der Waals surface area (Å²) < 4.78 is 41.6. The molecule has 0 unspecified atom stereocenters. The minimum absolute atomic E-state index is 0.391. The first-order valence-corrected chi connectivity index (χ1v) is 6.98. The summed E-state index contributed by atoms with van der Waals surface area (Å²) in [5, 5.41) is 7.66. The number of hydrogen-bond acceptors (Lipinski definition) is 3. The fraction of sp³-hybridized carbons (Fsp3) is 0.176. The van der Waals surface area contributed by atoms with Crippen LogP contribution < -0.4 is 4.74 Å². The summed E-state index contributed by atoms with van der Waals surface area (Å²) in [7, 11) is 0. The van der Waals surface area contributed by atoms with Crippen LogP contribution in [0.4, 0.5) is 13.2 Å². The molecule has 0 aliphatic carbocycles. The monoisotopic (exact) mass is 320 g/mol. The molecule has 0 aliphatic rings. The third kappa shape index (κ3) is 5.25. The zero-order valence-corrected chi connectivity index (χ0v) is 12.4. The number of hydrogen-bond donors (Lipinski definition) is 0. The Balaban J connectivity index is 1.99. The van der Waals surface area contributed by atoms with Gasteiger partial charge in [-0.1, -0.05) is 31.2 Å². The Morgan fingerprint density at radius 3 is 2.17 bits per heavy atom. The van der Waals surface area contributed by atoms with Gasteiger partial charge in [-0.05, 0) is 41.3 Å². The molecule has 0 aliphatic heterocycles. The summed E-state index contributed by atoms with van der Waals surface area (Å²) in [6.07, 6.45) is 3.86. The first-order chi connectivity index (χ1) is 11.1. The zero-order valence-electron chi connectivity index (χ0n) is 12.4. The Bertz CT molecular complexity index is 697. The molecule has 0 spiro atoms. The molecular formula is C17H15F3N2O. The first-order valence-electron chi connectivity index (χ1n) is 6.98. The standard InChI is InChI=1S/C17H15F3N2O/c1-2-12-3-5-13(6-4-12)10-21-22-11-14-7-8-16(15(18)9-14)23-17(19)20/h3-11,17H,2H2,1H3/b21-10+,22-11-. The predicted octanol–water partition coefficient (Wildman–Crippen LogP) is 4.44. The summed E-state index contributed by atoms with van der Waals surface area (Å²) in [5.41, 5.74) is 2.51. The summed E-state index contributed by atoms with van der Waals surface area (Å²) in [4.78, 5) is 0. The SMILES string of the molecule is CCc1ccc(/C=N/N=C\c2ccc(OC(F)F)c(F)c2)cc1. The van der Waals surface area contributed by atoms with E-state index in [4.69, 9.17) is 0 Å². The highest BCUT2D eigenvalue weighted by Gasteiger charge is 2.09. The van der Waals surface area contributed by atoms with Gasteiger partial charge in [-0.2, -0.15) is 19.0 Å². The van der Waals surface area contributed by atoms with Crippen molar-refractivity contribution in [3.8, 4) is 5.75 Å². The van der Waals surface area contributed by atoms with Crippen LogP contribution in [0.2, 0.25) is 0 Å². The normalized spacial score (nSPS) is 11.7. The van der Waals surface area contributed by atoms with Gasteiger partial charge in [0.2, 0.25) is 0 Å². The molecule has 0 radical (unpaired) electrons. The van der Waals surface area contributed by atoms with Crippen LogP contribution in [0.1, 0.15) is 23.6 Å². The Morgan fingerprint density at radius 1 is 1.00 bits per heavy atom. The van der Waals surface area contributed by atoms with Gasteiger partial charge in [-0.15, -0.1) is 0 Å². The molecule has 0 heterocycles. The van der Waals surface area contributed by atoms with Crippen molar-refractivity contribution in [2.45, 2.75) is 20.0 Å². The van der Waals surface area contributed by atoms with Crippen LogP contribution in [0.5, 0.6) is 5.75 Å². The second-order valence-corrected chi connectivity index (χ2v) is 4.65. The van der Waals surface area contributed by atoms with Gasteiger partial charge in [0.15, 0.2) is 11.6 Å². The van der Waals surface area contributed by atoms with E-state index in [1.165, 1.54) is 17.8 Å². The Labute approximate surface area is 132 Å². The van der Waals surface area contributed by atoms with Crippen LogP contribution in [0.25, 0.3) is 0 Å². The fourth-order valence-electron chi connectivity index (χ4n) is 1.83. The highest BCUT2D eigenvalue weighted by molar-refractivity contribution is 5.82. The van der Waals surface area contributed by atoms with Crippen molar-refractivity contribution in [1.82, 2.24) is 0 Å². The van der Waals surface area contributed by atoms with Gasteiger partial charge in [0.1, 0.15) is 0 Å². The van der Waals surface area contributed by atoms with Crippen molar-refractivity contribution in [1.29, 1.82) is 0 Å². The predicted molar refractivity (Wildman–Crippen MR) is 84.0 cm³/mol. The van der Waals surface area contributed by atoms with E-state index in [2.05, 4.69) is 21.9 Å². The molecule has 2 aromatic rings. The molecule has 0 saturated carbocycles. The van der Waals surface area contributed by atoms with E-state index in [1.807, 2.05) is 24.3 Å². The highest BCUT2D eigenvalue weighted by atomic mass is 19.3. The smallest absolute Gasteiger partial charge is 0.387 e. The van der Waals surface area contributed by atoms with Crippen LogP contribution in [0, 0.1) is 5.82 Å². The molecule has 0 bridgehead atoms. The van der Waals surface area contributed by atoms with E-state index < -0.39 is 18.2 Å². The van der Waals surface area contributed by atoms with E-state index in [1.54, 1.807) is 6.21 Å². The van der Waals surface area contributed by atoms with Crippen LogP contribution in [-0.2, 0) is 6.42 Å². The first kappa shape index (κ1) is 16.7. The second kappa shape index (κ2) is 8.12. The Morgan fingerprint density at radius 2 is 1.61 bits per heavy atom. The number of ether oxygens (including phenoxy) is 1. The fourth-order valence-corrected chi connectivity index (χ4v) is 1.83. The van der Waals surface area contributed by atoms with Gasteiger partial charge < -0.3 is 4.74 Å². The topological polar surface area (TPSA) is 34.0 Å². The maximum Gasteiger partial charge on any atom is 0.387 e. The molecule has 120 valence electrons. The van der Waals surface area contributed by atoms with Gasteiger partial charge in [-0.25, -0.2) is 4.39 Å². The molecule has 23 heavy (non-hydrogen) atoms. The Hall–Kier alpha value is -2.63. The van der Waals surface area contributed by atoms with Crippen molar-refractivity contribution in [3.63, 3.8) is 0 Å². The molecule has 0 atom stereocenters. The highest BCUT2D eigenvalue weighted by Crippen LogP contribution is 2.19. The molecule has 2 rings (SSSR count). The Kier molecular flexibility index (Phi) is 5.91. The van der Waals surface area contributed by atoms with Crippen LogP contribution in [-0.4, -0.2) is 19.0 Å². The largest absolute Gasteiger partial charge is 0.432 e. The van der Waals surface area contributed by atoms with Crippen molar-refractivity contribution < 1.29 is 17.9 Å². The number of rotatable bonds is 6. The molecule has 0 saturated heterocycles. The van der Waals surface area contributed by atoms with Crippen LogP contribution in [0.3, 0.4) is 0 Å². The lowest BCUT2D eigenvalue weighted by Crippen LogP contribution is -2.03. The number of aryl methyl sites for hydroxylation is 1. The quantitative estimate of drug-likeness (QED) is 0.572. The van der Waals surface area contributed by atoms with Crippen molar-refractivity contribution in [3.05, 3.63) is 65.0 Å². The minimum Gasteiger partial charge on any atom is -0.432 e. The van der Waals surface area contributed by atoms with Crippen LogP contribution in [0.15, 0.2) is 52.7 Å². The molecule has 0 N–H and O–H groups in total. The maximum absolute atomic E-state index is 13.5. The summed E-state index contributed by atoms with van der Waals surface area (Å²) >= 11 is 0. The lowest BCUT2D eigenvalue weighted by atomic mass is 10.1. The molecule has 2 aromatic carbocycles. The summed E-state index contributed by atoms with van der Waals surface area (Å²) in [6.45, 7) is -0.989. The molecule has 3 nitrogen and oxygen atoms in total. The van der Waals surface area contributed by atoms with E-state index >= 15 is 0 Å². The van der Waals surface area contributed by atoms with E-state index in [0.29, 0.717) is 5.56 Å². The number of halogens is 3. The van der Waals surface area contributed by atoms with E-state index in [0.717, 1.165) is 24.1 Å². The molecule has 0 fully saturated rings. The lowest BCUT2D eigenvalue weighted by Gasteiger charge is -2.05. The third-order valence-electron chi connectivity index (χ3n) is 3.04. The number of benzene rings is 2. The molecule has 0 aromatic heterocycles. The molecule has 6 heteroatoms. The number of alkyl halides is 2. The average molecular weight is 320 g/mol. The molecule has 0 amide bonds.